The number of imide groups is 1. The summed E-state index contributed by atoms with van der Waals surface area (Å²) < 4.78 is 5.21. The molecule has 0 N–H and O–H groups in total. The second-order valence-electron chi connectivity index (χ2n) is 9.67. The van der Waals surface area contributed by atoms with Crippen LogP contribution in [0.15, 0.2) is 60.7 Å². The summed E-state index contributed by atoms with van der Waals surface area (Å²) >= 11 is 5.99. The van der Waals surface area contributed by atoms with E-state index >= 15 is 0 Å². The number of hydrazine groups is 1. The number of amides is 3. The van der Waals surface area contributed by atoms with Crippen molar-refractivity contribution in [3.63, 3.8) is 0 Å². The number of nitrogens with zero attached hydrogens (tertiary/aromatic N) is 2. The number of benzene rings is 2. The lowest BCUT2D eigenvalue weighted by Crippen LogP contribution is -2.52. The van der Waals surface area contributed by atoms with Gasteiger partial charge in [0.25, 0.3) is 17.7 Å². The molecule has 0 spiro atoms. The molecule has 5 aliphatic rings. The Kier molecular flexibility index (Phi) is 5.07. The molecule has 7 nitrogen and oxygen atoms in total. The van der Waals surface area contributed by atoms with Crippen LogP contribution in [0.5, 0.6) is 5.75 Å². The first-order valence-corrected chi connectivity index (χ1v) is 12.1. The highest BCUT2D eigenvalue weighted by Crippen LogP contribution is 2.65. The largest absolute Gasteiger partial charge is 0.497 e. The molecule has 2 aromatic rings. The fraction of sp³-hybridized carbons (Fsp3) is 0.333. The van der Waals surface area contributed by atoms with Crippen molar-refractivity contribution < 1.29 is 23.9 Å². The fourth-order valence-electron chi connectivity index (χ4n) is 6.18. The summed E-state index contributed by atoms with van der Waals surface area (Å²) in [4.78, 5) is 54.2. The SMILES string of the molecule is COc1cccc(C(=O)CN(C(=O)c2ccc(Cl)cc2)N2C(=O)[C@@H]3[C@H]4C=C[C@@H]([C@@H]5C[C@@H]45)[C@H]3C2=O)c1. The molecule has 2 saturated carbocycles. The molecule has 3 amide bonds. The maximum absolute atomic E-state index is 13.7. The van der Waals surface area contributed by atoms with E-state index in [-0.39, 0.29) is 17.4 Å². The molecule has 1 aliphatic heterocycles. The summed E-state index contributed by atoms with van der Waals surface area (Å²) in [5.41, 5.74) is 0.546. The molecular weight excluding hydrogens is 468 g/mol. The monoisotopic (exact) mass is 490 g/mol. The van der Waals surface area contributed by atoms with Crippen LogP contribution < -0.4 is 4.74 Å². The maximum atomic E-state index is 13.7. The van der Waals surface area contributed by atoms with Gasteiger partial charge in [0, 0.05) is 16.1 Å². The molecule has 2 aromatic carbocycles. The number of Topliss-reactive ketones (excluding diaryl/α,β-unsaturated/α-hetero) is 1. The van der Waals surface area contributed by atoms with Gasteiger partial charge in [0.2, 0.25) is 0 Å². The highest BCUT2D eigenvalue weighted by atomic mass is 35.5. The number of hydrogen-bond donors (Lipinski definition) is 0. The first-order chi connectivity index (χ1) is 16.9. The highest BCUT2D eigenvalue weighted by molar-refractivity contribution is 6.30. The molecule has 0 radical (unpaired) electrons. The van der Waals surface area contributed by atoms with Crippen LogP contribution >= 0.6 is 11.6 Å². The number of halogens is 1. The second-order valence-corrected chi connectivity index (χ2v) is 10.1. The Balaban J connectivity index is 1.36. The molecule has 178 valence electrons. The van der Waals surface area contributed by atoms with Crippen LogP contribution in [0.25, 0.3) is 0 Å². The summed E-state index contributed by atoms with van der Waals surface area (Å²) in [5.74, 6) is -1.39. The quantitative estimate of drug-likeness (QED) is 0.350. The van der Waals surface area contributed by atoms with Gasteiger partial charge >= 0.3 is 0 Å². The fourth-order valence-corrected chi connectivity index (χ4v) is 6.30. The number of carbonyl (C=O) groups is 4. The van der Waals surface area contributed by atoms with Crippen molar-refractivity contribution in [1.82, 2.24) is 10.0 Å². The molecule has 35 heavy (non-hydrogen) atoms. The number of carbonyl (C=O) groups excluding carboxylic acids is 4. The molecule has 7 rings (SSSR count). The number of ether oxygens (including phenoxy) is 1. The number of rotatable bonds is 6. The van der Waals surface area contributed by atoms with Crippen LogP contribution in [0, 0.1) is 35.5 Å². The minimum absolute atomic E-state index is 0.0121. The molecular formula is C27H23ClN2O5. The van der Waals surface area contributed by atoms with Gasteiger partial charge in [0.15, 0.2) is 5.78 Å². The summed E-state index contributed by atoms with van der Waals surface area (Å²) in [7, 11) is 1.50. The number of ketones is 1. The Morgan fingerprint density at radius 3 is 2.20 bits per heavy atom. The van der Waals surface area contributed by atoms with Crippen molar-refractivity contribution >= 4 is 35.1 Å². The third kappa shape index (κ3) is 3.40. The van der Waals surface area contributed by atoms with Crippen LogP contribution in [0.4, 0.5) is 0 Å². The van der Waals surface area contributed by atoms with Crippen molar-refractivity contribution in [2.24, 2.45) is 35.5 Å². The van der Waals surface area contributed by atoms with Crippen molar-refractivity contribution in [3.05, 3.63) is 76.8 Å². The van der Waals surface area contributed by atoms with E-state index in [0.29, 0.717) is 28.2 Å². The molecule has 4 aliphatic carbocycles. The van der Waals surface area contributed by atoms with E-state index in [9.17, 15) is 19.2 Å². The van der Waals surface area contributed by atoms with E-state index in [1.807, 2.05) is 0 Å². The molecule has 1 saturated heterocycles. The number of hydrogen-bond acceptors (Lipinski definition) is 5. The lowest BCUT2D eigenvalue weighted by atomic mass is 9.63. The lowest BCUT2D eigenvalue weighted by Gasteiger charge is -2.37. The van der Waals surface area contributed by atoms with Crippen LogP contribution in [0.1, 0.15) is 27.1 Å². The minimum atomic E-state index is -0.608. The van der Waals surface area contributed by atoms with Crippen LogP contribution in [-0.2, 0) is 9.59 Å². The normalized spacial score (nSPS) is 29.6. The van der Waals surface area contributed by atoms with E-state index in [1.165, 1.54) is 19.2 Å². The van der Waals surface area contributed by atoms with Gasteiger partial charge < -0.3 is 4.74 Å². The van der Waals surface area contributed by atoms with E-state index in [1.54, 1.807) is 36.4 Å². The predicted octanol–water partition coefficient (Wildman–Crippen LogP) is 3.64. The first kappa shape index (κ1) is 22.0. The molecule has 8 heteroatoms. The topological polar surface area (TPSA) is 84.0 Å². The molecule has 6 atom stereocenters. The van der Waals surface area contributed by atoms with Crippen molar-refractivity contribution in [2.45, 2.75) is 6.42 Å². The van der Waals surface area contributed by atoms with Gasteiger partial charge in [-0.2, -0.15) is 5.01 Å². The van der Waals surface area contributed by atoms with Crippen LogP contribution in [-0.4, -0.2) is 47.2 Å². The van der Waals surface area contributed by atoms with Crippen molar-refractivity contribution in [1.29, 1.82) is 0 Å². The third-order valence-corrected chi connectivity index (χ3v) is 8.14. The van der Waals surface area contributed by atoms with Gasteiger partial charge in [-0.1, -0.05) is 35.9 Å². The van der Waals surface area contributed by atoms with E-state index < -0.39 is 41.9 Å². The van der Waals surface area contributed by atoms with Crippen molar-refractivity contribution in [3.8, 4) is 5.75 Å². The van der Waals surface area contributed by atoms with Crippen LogP contribution in [0.3, 0.4) is 0 Å². The van der Waals surface area contributed by atoms with E-state index in [0.717, 1.165) is 16.4 Å². The lowest BCUT2D eigenvalue weighted by molar-refractivity contribution is -0.154. The Morgan fingerprint density at radius 1 is 0.971 bits per heavy atom. The Morgan fingerprint density at radius 2 is 1.60 bits per heavy atom. The average molecular weight is 491 g/mol. The van der Waals surface area contributed by atoms with Gasteiger partial charge in [-0.05, 0) is 66.5 Å². The van der Waals surface area contributed by atoms with Gasteiger partial charge in [0.1, 0.15) is 12.3 Å². The zero-order valence-corrected chi connectivity index (χ0v) is 19.7. The Labute approximate surface area is 207 Å². The standard InChI is InChI=1S/C27H23ClN2O5/c1-35-17-4-2-3-15(11-17)22(31)13-29(25(32)14-5-7-16(28)8-6-14)30-26(33)23-18-9-10-19(21-12-20(18)21)24(23)27(30)34/h2-11,18-21,23-24H,12-13H2,1H3/t18-,19-,20-,21-,23+,24+/m0/s1. The average Bonchev–Trinajstić information content (AvgIpc) is 3.66. The number of allylic oxidation sites excluding steroid dienone is 2. The van der Waals surface area contributed by atoms with Gasteiger partial charge in [0.05, 0.1) is 18.9 Å². The molecule has 0 aromatic heterocycles. The molecule has 0 unspecified atom stereocenters. The molecule has 3 fully saturated rings. The summed E-state index contributed by atoms with van der Waals surface area (Å²) in [6.07, 6.45) is 5.18. The Bertz CT molecular complexity index is 1250. The van der Waals surface area contributed by atoms with Gasteiger partial charge in [-0.25, -0.2) is 5.01 Å². The number of methoxy groups -OCH3 is 1. The zero-order valence-electron chi connectivity index (χ0n) is 19.0. The summed E-state index contributed by atoms with van der Waals surface area (Å²) in [6.45, 7) is -0.457. The molecule has 2 bridgehead atoms. The summed E-state index contributed by atoms with van der Waals surface area (Å²) in [6, 6.07) is 12.7. The first-order valence-electron chi connectivity index (χ1n) is 11.7. The Hall–Kier alpha value is -3.45. The van der Waals surface area contributed by atoms with E-state index in [2.05, 4.69) is 12.2 Å². The van der Waals surface area contributed by atoms with Gasteiger partial charge in [-0.15, -0.1) is 0 Å². The maximum Gasteiger partial charge on any atom is 0.273 e. The predicted molar refractivity (Wildman–Crippen MR) is 126 cm³/mol. The van der Waals surface area contributed by atoms with E-state index in [4.69, 9.17) is 16.3 Å². The highest BCUT2D eigenvalue weighted by Gasteiger charge is 2.68. The third-order valence-electron chi connectivity index (χ3n) is 7.89. The minimum Gasteiger partial charge on any atom is -0.497 e. The smallest absolute Gasteiger partial charge is 0.273 e. The summed E-state index contributed by atoms with van der Waals surface area (Å²) in [5, 5.41) is 2.41. The van der Waals surface area contributed by atoms with Crippen LogP contribution in [0.2, 0.25) is 5.02 Å². The second kappa shape index (κ2) is 8.05. The zero-order chi connectivity index (χ0) is 24.4. The molecule has 1 heterocycles. The van der Waals surface area contributed by atoms with Gasteiger partial charge in [-0.3, -0.25) is 19.2 Å². The van der Waals surface area contributed by atoms with Crippen molar-refractivity contribution in [2.75, 3.05) is 13.7 Å².